The summed E-state index contributed by atoms with van der Waals surface area (Å²) in [5, 5.41) is 15.2. The predicted molar refractivity (Wildman–Crippen MR) is 126 cm³/mol. The van der Waals surface area contributed by atoms with Gasteiger partial charge in [-0.25, -0.2) is 9.98 Å². The van der Waals surface area contributed by atoms with Gasteiger partial charge in [-0.1, -0.05) is 26.0 Å². The third kappa shape index (κ3) is 4.86. The molecule has 1 fully saturated rings. The SMILES string of the molecule is CC(C)c1nc2c(s1)Nc1ccccc1N=C2N1CCN(C)[C@@H](CCO)C1.Cl.Cl. The van der Waals surface area contributed by atoms with Gasteiger partial charge in [-0.05, 0) is 25.6 Å². The van der Waals surface area contributed by atoms with Crippen LogP contribution >= 0.6 is 36.2 Å². The van der Waals surface area contributed by atoms with Gasteiger partial charge >= 0.3 is 0 Å². The zero-order valence-corrected chi connectivity index (χ0v) is 19.4. The lowest BCUT2D eigenvalue weighted by Gasteiger charge is -2.40. The minimum Gasteiger partial charge on any atom is -0.396 e. The monoisotopic (exact) mass is 457 g/mol. The van der Waals surface area contributed by atoms with Crippen molar-refractivity contribution >= 4 is 58.4 Å². The number of aliphatic imine (C=N–C) groups is 1. The van der Waals surface area contributed by atoms with E-state index in [1.807, 2.05) is 18.2 Å². The number of nitrogens with one attached hydrogen (secondary N) is 1. The first-order valence-corrected chi connectivity index (χ1v) is 10.4. The van der Waals surface area contributed by atoms with Crippen molar-refractivity contribution in [1.29, 1.82) is 0 Å². The molecule has 0 radical (unpaired) electrons. The number of aromatic nitrogens is 1. The highest BCUT2D eigenvalue weighted by atomic mass is 35.5. The maximum Gasteiger partial charge on any atom is 0.158 e. The summed E-state index contributed by atoms with van der Waals surface area (Å²) < 4.78 is 0. The fourth-order valence-corrected chi connectivity index (χ4v) is 4.58. The molecule has 0 bridgehead atoms. The van der Waals surface area contributed by atoms with Gasteiger partial charge < -0.3 is 15.3 Å². The molecule has 1 atom stereocenters. The molecule has 4 rings (SSSR count). The molecule has 2 aliphatic heterocycles. The first-order chi connectivity index (χ1) is 13.1. The molecular weight excluding hydrogens is 429 g/mol. The van der Waals surface area contributed by atoms with E-state index < -0.39 is 0 Å². The Bertz CT molecular complexity index is 857. The first-order valence-electron chi connectivity index (χ1n) is 9.58. The van der Waals surface area contributed by atoms with Gasteiger partial charge in [0, 0.05) is 38.2 Å². The van der Waals surface area contributed by atoms with Crippen LogP contribution in [0.5, 0.6) is 0 Å². The van der Waals surface area contributed by atoms with Gasteiger partial charge in [0.05, 0.1) is 16.4 Å². The smallest absolute Gasteiger partial charge is 0.158 e. The number of para-hydroxylation sites is 2. The van der Waals surface area contributed by atoms with Gasteiger partial charge in [0.25, 0.3) is 0 Å². The summed E-state index contributed by atoms with van der Waals surface area (Å²) in [5.74, 6) is 1.33. The number of halogens is 2. The molecule has 0 saturated carbocycles. The fraction of sp³-hybridized carbons (Fsp3) is 0.500. The summed E-state index contributed by atoms with van der Waals surface area (Å²) in [6.07, 6.45) is 0.774. The van der Waals surface area contributed by atoms with Crippen molar-refractivity contribution in [3.63, 3.8) is 0 Å². The van der Waals surface area contributed by atoms with E-state index in [4.69, 9.17) is 9.98 Å². The second-order valence-electron chi connectivity index (χ2n) is 7.55. The van der Waals surface area contributed by atoms with E-state index in [1.165, 1.54) is 0 Å². The van der Waals surface area contributed by atoms with Crippen molar-refractivity contribution in [1.82, 2.24) is 14.8 Å². The molecule has 1 saturated heterocycles. The molecule has 160 valence electrons. The molecule has 0 spiro atoms. The second-order valence-corrected chi connectivity index (χ2v) is 8.59. The van der Waals surface area contributed by atoms with Crippen LogP contribution in [0.25, 0.3) is 0 Å². The van der Waals surface area contributed by atoms with E-state index >= 15 is 0 Å². The fourth-order valence-electron chi connectivity index (χ4n) is 3.61. The molecule has 9 heteroatoms. The predicted octanol–water partition coefficient (Wildman–Crippen LogP) is 4.24. The Morgan fingerprint density at radius 2 is 2.00 bits per heavy atom. The van der Waals surface area contributed by atoms with Crippen molar-refractivity contribution in [2.45, 2.75) is 32.2 Å². The minimum atomic E-state index is 0. The van der Waals surface area contributed by atoms with Crippen molar-refractivity contribution in [2.75, 3.05) is 38.6 Å². The molecule has 1 aromatic carbocycles. The number of anilines is 2. The number of fused-ring (bicyclic) bond motifs is 2. The van der Waals surface area contributed by atoms with Gasteiger partial charge in [-0.3, -0.25) is 4.90 Å². The highest BCUT2D eigenvalue weighted by Gasteiger charge is 2.31. The number of rotatable bonds is 3. The Kier molecular flexibility index (Phi) is 8.31. The third-order valence-corrected chi connectivity index (χ3v) is 6.54. The number of hydrogen-bond acceptors (Lipinski definition) is 7. The lowest BCUT2D eigenvalue weighted by molar-refractivity contribution is 0.115. The number of amidine groups is 1. The zero-order valence-electron chi connectivity index (χ0n) is 17.0. The number of nitrogens with zero attached hydrogens (tertiary/aromatic N) is 4. The number of hydrogen-bond donors (Lipinski definition) is 2. The molecule has 2 aromatic rings. The van der Waals surface area contributed by atoms with Crippen LogP contribution in [-0.2, 0) is 0 Å². The third-order valence-electron chi connectivity index (χ3n) is 5.27. The summed E-state index contributed by atoms with van der Waals surface area (Å²) in [5.41, 5.74) is 2.92. The standard InChI is InChI=1S/C20H27N5OS.2ClH/c1-13(2)19-23-17-18(25-10-9-24(3)14(12-25)8-11-26)21-15-6-4-5-7-16(15)22-20(17)27-19;;/h4-7,13-14,22,26H,8-12H2,1-3H3;2*1H/t14-;;/m0../s1. The molecule has 3 heterocycles. The molecule has 0 unspecified atom stereocenters. The van der Waals surface area contributed by atoms with Gasteiger partial charge in [-0.15, -0.1) is 36.2 Å². The number of likely N-dealkylation sites (N-methyl/N-ethyl adjacent to an activating group) is 1. The molecule has 2 N–H and O–H groups in total. The molecule has 0 aliphatic carbocycles. The lowest BCUT2D eigenvalue weighted by atomic mass is 10.1. The molecule has 1 aromatic heterocycles. The molecule has 2 aliphatic rings. The van der Waals surface area contributed by atoms with Crippen molar-refractivity contribution in [3.8, 4) is 0 Å². The number of aliphatic hydroxyl groups is 1. The van der Waals surface area contributed by atoms with Gasteiger partial charge in [0.2, 0.25) is 0 Å². The Balaban J connectivity index is 0.00000150. The van der Waals surface area contributed by atoms with E-state index in [2.05, 4.69) is 42.1 Å². The topological polar surface area (TPSA) is 64.0 Å². The van der Waals surface area contributed by atoms with Crippen LogP contribution in [0.4, 0.5) is 16.4 Å². The van der Waals surface area contributed by atoms with E-state index in [0.29, 0.717) is 12.0 Å². The lowest BCUT2D eigenvalue weighted by Crippen LogP contribution is -2.53. The van der Waals surface area contributed by atoms with Crippen LogP contribution in [-0.4, -0.2) is 65.1 Å². The van der Waals surface area contributed by atoms with Crippen LogP contribution in [0.3, 0.4) is 0 Å². The van der Waals surface area contributed by atoms with Crippen LogP contribution < -0.4 is 5.32 Å². The second kappa shape index (κ2) is 10.1. The van der Waals surface area contributed by atoms with Crippen LogP contribution in [0.1, 0.15) is 36.9 Å². The summed E-state index contributed by atoms with van der Waals surface area (Å²) in [4.78, 5) is 14.7. The van der Waals surface area contributed by atoms with Crippen LogP contribution in [0.15, 0.2) is 29.3 Å². The highest BCUT2D eigenvalue weighted by Crippen LogP contribution is 2.39. The zero-order chi connectivity index (χ0) is 19.0. The summed E-state index contributed by atoms with van der Waals surface area (Å²) in [6, 6.07) is 8.49. The Labute approximate surface area is 188 Å². The number of aliphatic hydroxyl groups excluding tert-OH is 1. The quantitative estimate of drug-likeness (QED) is 0.720. The van der Waals surface area contributed by atoms with Crippen molar-refractivity contribution in [3.05, 3.63) is 35.0 Å². The number of thiazole rings is 1. The molecule has 6 nitrogen and oxygen atoms in total. The number of piperazine rings is 1. The van der Waals surface area contributed by atoms with E-state index in [-0.39, 0.29) is 31.4 Å². The number of benzene rings is 1. The van der Waals surface area contributed by atoms with E-state index in [1.54, 1.807) is 11.3 Å². The summed E-state index contributed by atoms with van der Waals surface area (Å²) >= 11 is 1.72. The Hall–Kier alpha value is -1.38. The summed E-state index contributed by atoms with van der Waals surface area (Å²) in [7, 11) is 2.13. The van der Waals surface area contributed by atoms with E-state index in [9.17, 15) is 5.11 Å². The molecular formula is C20H29Cl2N5OS. The maximum atomic E-state index is 9.43. The first kappa shape index (κ1) is 23.9. The Morgan fingerprint density at radius 3 is 2.72 bits per heavy atom. The van der Waals surface area contributed by atoms with Crippen LogP contribution in [0.2, 0.25) is 0 Å². The Morgan fingerprint density at radius 1 is 1.24 bits per heavy atom. The maximum absolute atomic E-state index is 9.43. The molecule has 0 amide bonds. The normalized spacial score (nSPS) is 18.6. The van der Waals surface area contributed by atoms with Gasteiger partial charge in [0.1, 0.15) is 10.7 Å². The highest BCUT2D eigenvalue weighted by molar-refractivity contribution is 7.16. The summed E-state index contributed by atoms with van der Waals surface area (Å²) in [6.45, 7) is 7.28. The minimum absolute atomic E-state index is 0. The van der Waals surface area contributed by atoms with Crippen molar-refractivity contribution in [2.24, 2.45) is 4.99 Å². The van der Waals surface area contributed by atoms with Crippen LogP contribution in [0, 0.1) is 0 Å². The molecule has 29 heavy (non-hydrogen) atoms. The van der Waals surface area contributed by atoms with E-state index in [0.717, 1.165) is 59.0 Å². The van der Waals surface area contributed by atoms with Gasteiger partial charge in [-0.2, -0.15) is 0 Å². The van der Waals surface area contributed by atoms with Gasteiger partial charge in [0.15, 0.2) is 5.84 Å². The average molecular weight is 458 g/mol. The largest absolute Gasteiger partial charge is 0.396 e. The van der Waals surface area contributed by atoms with Crippen molar-refractivity contribution < 1.29 is 5.11 Å². The average Bonchev–Trinajstić information content (AvgIpc) is 3.00.